The Morgan fingerprint density at radius 1 is 1.25 bits per heavy atom. The Morgan fingerprint density at radius 2 is 2.00 bits per heavy atom. The number of carbonyl (C=O) groups excluding carboxylic acids is 2. The normalized spacial score (nSPS) is 15.2. The smallest absolute Gasteiger partial charge is 0.264 e. The molecule has 2 aromatic rings. The molecule has 3 rings (SSSR count). The monoisotopic (exact) mass is 407 g/mol. The summed E-state index contributed by atoms with van der Waals surface area (Å²) in [5, 5.41) is 3.35. The molecule has 0 spiro atoms. The molecule has 1 N–H and O–H groups in total. The maximum atomic E-state index is 14.3. The van der Waals surface area contributed by atoms with E-state index in [2.05, 4.69) is 10.2 Å². The van der Waals surface area contributed by atoms with Gasteiger partial charge in [-0.05, 0) is 18.6 Å². The number of methoxy groups -OCH3 is 1. The molecule has 152 valence electrons. The van der Waals surface area contributed by atoms with Gasteiger partial charge >= 0.3 is 0 Å². The second-order valence-electron chi connectivity index (χ2n) is 6.87. The number of thiophene rings is 1. The fraction of sp³-hybridized carbons (Fsp3) is 0.500. The molecule has 1 aliphatic heterocycles. The third kappa shape index (κ3) is 4.51. The van der Waals surface area contributed by atoms with Gasteiger partial charge in [-0.15, -0.1) is 11.3 Å². The van der Waals surface area contributed by atoms with E-state index in [-0.39, 0.29) is 24.2 Å². The number of halogens is 1. The minimum atomic E-state index is -0.331. The van der Waals surface area contributed by atoms with E-state index in [1.54, 1.807) is 18.1 Å². The van der Waals surface area contributed by atoms with Crippen molar-refractivity contribution in [2.24, 2.45) is 0 Å². The van der Waals surface area contributed by atoms with Crippen molar-refractivity contribution in [1.29, 1.82) is 0 Å². The Kier molecular flexibility index (Phi) is 6.98. The second kappa shape index (κ2) is 9.45. The van der Waals surface area contributed by atoms with Crippen LogP contribution in [-0.2, 0) is 16.1 Å². The lowest BCUT2D eigenvalue weighted by molar-refractivity contribution is -0.122. The fourth-order valence-electron chi connectivity index (χ4n) is 3.40. The third-order valence-corrected chi connectivity index (χ3v) is 6.03. The van der Waals surface area contributed by atoms with Crippen LogP contribution in [0.3, 0.4) is 0 Å². The largest absolute Gasteiger partial charge is 0.380 e. The molecule has 0 saturated carbocycles. The molecule has 2 amide bonds. The van der Waals surface area contributed by atoms with Crippen molar-refractivity contribution in [3.63, 3.8) is 0 Å². The van der Waals surface area contributed by atoms with Crippen LogP contribution in [0.15, 0.2) is 18.2 Å². The van der Waals surface area contributed by atoms with Crippen molar-refractivity contribution < 1.29 is 18.7 Å². The van der Waals surface area contributed by atoms with Gasteiger partial charge in [-0.3, -0.25) is 14.5 Å². The van der Waals surface area contributed by atoms with Crippen molar-refractivity contribution in [1.82, 2.24) is 15.1 Å². The molecule has 1 saturated heterocycles. The number of nitrogens with one attached hydrogen (secondary N) is 1. The summed E-state index contributed by atoms with van der Waals surface area (Å²) in [7, 11) is 1.54. The van der Waals surface area contributed by atoms with Crippen LogP contribution >= 0.6 is 11.3 Å². The molecule has 0 aliphatic carbocycles. The SMILES string of the molecule is CCCNC(=O)CN1CCN(C(=O)c2sc3cccc(F)c3c2COC)CC1. The minimum absolute atomic E-state index is 0.0176. The minimum Gasteiger partial charge on any atom is -0.380 e. The van der Waals surface area contributed by atoms with Crippen LogP contribution in [0.4, 0.5) is 4.39 Å². The van der Waals surface area contributed by atoms with Gasteiger partial charge < -0.3 is 15.0 Å². The Hall–Kier alpha value is -2.03. The number of hydrogen-bond acceptors (Lipinski definition) is 5. The van der Waals surface area contributed by atoms with E-state index in [1.807, 2.05) is 13.0 Å². The number of fused-ring (bicyclic) bond motifs is 1. The number of carbonyl (C=O) groups is 2. The fourth-order valence-corrected chi connectivity index (χ4v) is 4.59. The Labute approximate surface area is 168 Å². The Morgan fingerprint density at radius 3 is 2.68 bits per heavy atom. The Bertz CT molecular complexity index is 847. The molecule has 0 bridgehead atoms. The number of benzene rings is 1. The summed E-state index contributed by atoms with van der Waals surface area (Å²) in [5.74, 6) is -0.408. The van der Waals surface area contributed by atoms with E-state index in [0.29, 0.717) is 55.1 Å². The van der Waals surface area contributed by atoms with Gasteiger partial charge in [-0.25, -0.2) is 4.39 Å². The van der Waals surface area contributed by atoms with Crippen molar-refractivity contribution in [2.45, 2.75) is 20.0 Å². The lowest BCUT2D eigenvalue weighted by Gasteiger charge is -2.34. The maximum absolute atomic E-state index is 14.3. The molecule has 2 heterocycles. The molecular weight excluding hydrogens is 381 g/mol. The highest BCUT2D eigenvalue weighted by molar-refractivity contribution is 7.21. The van der Waals surface area contributed by atoms with E-state index >= 15 is 0 Å². The predicted molar refractivity (Wildman–Crippen MR) is 108 cm³/mol. The summed E-state index contributed by atoms with van der Waals surface area (Å²) in [6.07, 6.45) is 0.910. The van der Waals surface area contributed by atoms with Gasteiger partial charge in [0.15, 0.2) is 0 Å². The number of hydrogen-bond donors (Lipinski definition) is 1. The van der Waals surface area contributed by atoms with Gasteiger partial charge in [0.25, 0.3) is 5.91 Å². The average Bonchev–Trinajstić information content (AvgIpc) is 3.06. The molecule has 28 heavy (non-hydrogen) atoms. The first-order chi connectivity index (χ1) is 13.5. The molecule has 1 fully saturated rings. The van der Waals surface area contributed by atoms with Crippen LogP contribution in [0.5, 0.6) is 0 Å². The predicted octanol–water partition coefficient (Wildman–Crippen LogP) is 2.47. The number of piperazine rings is 1. The van der Waals surface area contributed by atoms with E-state index in [9.17, 15) is 14.0 Å². The topological polar surface area (TPSA) is 61.9 Å². The van der Waals surface area contributed by atoms with Gasteiger partial charge in [0.2, 0.25) is 5.91 Å². The number of nitrogens with zero attached hydrogens (tertiary/aromatic N) is 2. The van der Waals surface area contributed by atoms with E-state index < -0.39 is 0 Å². The Balaban J connectivity index is 1.69. The van der Waals surface area contributed by atoms with Crippen LogP contribution in [0.2, 0.25) is 0 Å². The standard InChI is InChI=1S/C20H26FN3O3S/c1-3-7-22-17(25)12-23-8-10-24(11-9-23)20(26)19-14(13-27-2)18-15(21)5-4-6-16(18)28-19/h4-6H,3,7-13H2,1-2H3,(H,22,25). The molecular formula is C20H26FN3O3S. The lowest BCUT2D eigenvalue weighted by atomic mass is 10.1. The van der Waals surface area contributed by atoms with Crippen LogP contribution < -0.4 is 5.32 Å². The van der Waals surface area contributed by atoms with E-state index in [0.717, 1.165) is 11.1 Å². The summed E-state index contributed by atoms with van der Waals surface area (Å²) in [4.78, 5) is 29.3. The molecule has 0 radical (unpaired) electrons. The zero-order chi connectivity index (χ0) is 20.1. The molecule has 8 heteroatoms. The summed E-state index contributed by atoms with van der Waals surface area (Å²) >= 11 is 1.31. The first-order valence-corrected chi connectivity index (χ1v) is 10.3. The highest BCUT2D eigenvalue weighted by Crippen LogP contribution is 2.34. The van der Waals surface area contributed by atoms with Crippen molar-refractivity contribution in [3.8, 4) is 0 Å². The summed E-state index contributed by atoms with van der Waals surface area (Å²) in [5.41, 5.74) is 0.618. The van der Waals surface area contributed by atoms with Crippen LogP contribution in [-0.4, -0.2) is 68.0 Å². The summed E-state index contributed by atoms with van der Waals surface area (Å²) in [6.45, 7) is 5.62. The number of rotatable bonds is 7. The molecule has 0 unspecified atom stereocenters. The van der Waals surface area contributed by atoms with Crippen LogP contribution in [0, 0.1) is 5.82 Å². The van der Waals surface area contributed by atoms with Crippen LogP contribution in [0.25, 0.3) is 10.1 Å². The molecule has 6 nitrogen and oxygen atoms in total. The first-order valence-electron chi connectivity index (χ1n) is 9.52. The van der Waals surface area contributed by atoms with Crippen molar-refractivity contribution >= 4 is 33.2 Å². The van der Waals surface area contributed by atoms with Crippen molar-refractivity contribution in [3.05, 3.63) is 34.5 Å². The molecule has 1 aromatic carbocycles. The maximum Gasteiger partial charge on any atom is 0.264 e. The first kappa shape index (κ1) is 20.7. The molecule has 1 aliphatic rings. The molecule has 1 aromatic heterocycles. The second-order valence-corrected chi connectivity index (χ2v) is 7.93. The molecule has 0 atom stereocenters. The quantitative estimate of drug-likeness (QED) is 0.766. The van der Waals surface area contributed by atoms with Crippen molar-refractivity contribution in [2.75, 3.05) is 46.4 Å². The number of amides is 2. The zero-order valence-electron chi connectivity index (χ0n) is 16.3. The summed E-state index contributed by atoms with van der Waals surface area (Å²) in [6, 6.07) is 4.89. The van der Waals surface area contributed by atoms with Gasteiger partial charge in [0, 0.05) is 55.5 Å². The van der Waals surface area contributed by atoms with Gasteiger partial charge in [0.05, 0.1) is 18.0 Å². The van der Waals surface area contributed by atoms with Gasteiger partial charge in [-0.2, -0.15) is 0 Å². The lowest BCUT2D eigenvalue weighted by Crippen LogP contribution is -2.51. The average molecular weight is 408 g/mol. The van der Waals surface area contributed by atoms with Crippen LogP contribution in [0.1, 0.15) is 28.6 Å². The zero-order valence-corrected chi connectivity index (χ0v) is 17.1. The number of ether oxygens (including phenoxy) is 1. The summed E-state index contributed by atoms with van der Waals surface area (Å²) < 4.78 is 20.3. The highest BCUT2D eigenvalue weighted by atomic mass is 32.1. The highest BCUT2D eigenvalue weighted by Gasteiger charge is 2.27. The van der Waals surface area contributed by atoms with Gasteiger partial charge in [0.1, 0.15) is 5.82 Å². The van der Waals surface area contributed by atoms with Gasteiger partial charge in [-0.1, -0.05) is 13.0 Å². The third-order valence-electron chi connectivity index (χ3n) is 4.85. The van der Waals surface area contributed by atoms with E-state index in [4.69, 9.17) is 4.74 Å². The van der Waals surface area contributed by atoms with E-state index in [1.165, 1.54) is 17.4 Å².